The Hall–Kier alpha value is -2.95. The molecular weight excluding hydrogens is 266 g/mol. The summed E-state index contributed by atoms with van der Waals surface area (Å²) in [6.07, 6.45) is 0.710. The molecule has 0 saturated heterocycles. The van der Waals surface area contributed by atoms with Gasteiger partial charge in [0, 0.05) is 5.56 Å². The molecule has 0 atom stereocenters. The second-order valence-electron chi connectivity index (χ2n) is 4.42. The normalized spacial score (nSPS) is 10.3. The van der Waals surface area contributed by atoms with Crippen LogP contribution in [0.4, 0.5) is 0 Å². The van der Waals surface area contributed by atoms with Gasteiger partial charge in [0.2, 0.25) is 0 Å². The predicted octanol–water partition coefficient (Wildman–Crippen LogP) is 2.76. The van der Waals surface area contributed by atoms with E-state index in [9.17, 15) is 4.79 Å². The maximum absolute atomic E-state index is 11.3. The van der Waals surface area contributed by atoms with Crippen molar-refractivity contribution >= 4 is 6.29 Å². The van der Waals surface area contributed by atoms with E-state index in [2.05, 4.69) is 10.3 Å². The Morgan fingerprint density at radius 3 is 2.62 bits per heavy atom. The summed E-state index contributed by atoms with van der Waals surface area (Å²) in [5.74, 6) is 0.713. The van der Waals surface area contributed by atoms with Crippen LogP contribution in [-0.4, -0.2) is 28.4 Å². The molecule has 0 aliphatic heterocycles. The van der Waals surface area contributed by atoms with Gasteiger partial charge in [-0.15, -0.1) is 5.10 Å². The molecular formula is C16H13N3O2. The molecule has 5 nitrogen and oxygen atoms in total. The maximum Gasteiger partial charge on any atom is 0.172 e. The molecule has 0 aliphatic rings. The zero-order valence-electron chi connectivity index (χ0n) is 11.4. The molecule has 0 fully saturated rings. The summed E-state index contributed by atoms with van der Waals surface area (Å²) in [6, 6.07) is 17.0. The molecule has 3 rings (SSSR count). The Morgan fingerprint density at radius 1 is 1.10 bits per heavy atom. The van der Waals surface area contributed by atoms with Crippen molar-refractivity contribution in [2.45, 2.75) is 0 Å². The van der Waals surface area contributed by atoms with Crippen LogP contribution in [0.5, 0.6) is 5.75 Å². The van der Waals surface area contributed by atoms with Crippen molar-refractivity contribution in [1.82, 2.24) is 15.0 Å². The first-order valence-corrected chi connectivity index (χ1v) is 6.44. The predicted molar refractivity (Wildman–Crippen MR) is 78.7 cm³/mol. The molecule has 0 aliphatic carbocycles. The van der Waals surface area contributed by atoms with Gasteiger partial charge in [0.25, 0.3) is 0 Å². The number of nitrogens with zero attached hydrogens (tertiary/aromatic N) is 3. The second-order valence-corrected chi connectivity index (χ2v) is 4.42. The lowest BCUT2D eigenvalue weighted by molar-refractivity contribution is 0.111. The Labute approximate surface area is 121 Å². The molecule has 0 radical (unpaired) electrons. The fourth-order valence-corrected chi connectivity index (χ4v) is 2.16. The van der Waals surface area contributed by atoms with Crippen LogP contribution in [0.15, 0.2) is 54.6 Å². The van der Waals surface area contributed by atoms with Crippen LogP contribution in [-0.2, 0) is 0 Å². The summed E-state index contributed by atoms with van der Waals surface area (Å²) < 4.78 is 6.88. The number of methoxy groups -OCH3 is 1. The molecule has 21 heavy (non-hydrogen) atoms. The van der Waals surface area contributed by atoms with E-state index in [1.165, 1.54) is 0 Å². The number of carbonyl (C=O) groups excluding carboxylic acids is 1. The lowest BCUT2D eigenvalue weighted by Crippen LogP contribution is -2.00. The maximum atomic E-state index is 11.3. The van der Waals surface area contributed by atoms with Crippen molar-refractivity contribution < 1.29 is 9.53 Å². The van der Waals surface area contributed by atoms with E-state index in [0.717, 1.165) is 11.3 Å². The monoisotopic (exact) mass is 279 g/mol. The first-order valence-electron chi connectivity index (χ1n) is 6.44. The number of ether oxygens (including phenoxy) is 1. The van der Waals surface area contributed by atoms with Crippen molar-refractivity contribution in [3.63, 3.8) is 0 Å². The van der Waals surface area contributed by atoms with Crippen LogP contribution in [0.25, 0.3) is 16.9 Å². The molecule has 0 spiro atoms. The van der Waals surface area contributed by atoms with E-state index in [0.29, 0.717) is 23.4 Å². The minimum absolute atomic E-state index is 0.298. The largest absolute Gasteiger partial charge is 0.497 e. The molecule has 104 valence electrons. The van der Waals surface area contributed by atoms with Gasteiger partial charge < -0.3 is 4.74 Å². The summed E-state index contributed by atoms with van der Waals surface area (Å²) in [6.45, 7) is 0. The summed E-state index contributed by atoms with van der Waals surface area (Å²) in [5.41, 5.74) is 2.61. The van der Waals surface area contributed by atoms with Crippen LogP contribution >= 0.6 is 0 Å². The third-order valence-corrected chi connectivity index (χ3v) is 3.15. The van der Waals surface area contributed by atoms with E-state index in [1.807, 2.05) is 54.6 Å². The Bertz CT molecular complexity index is 766. The molecule has 1 aromatic heterocycles. The molecule has 0 unspecified atom stereocenters. The topological polar surface area (TPSA) is 57.0 Å². The average molecular weight is 279 g/mol. The van der Waals surface area contributed by atoms with E-state index >= 15 is 0 Å². The van der Waals surface area contributed by atoms with Gasteiger partial charge in [-0.3, -0.25) is 4.79 Å². The number of aromatic nitrogens is 3. The quantitative estimate of drug-likeness (QED) is 0.689. The van der Waals surface area contributed by atoms with E-state index < -0.39 is 0 Å². The van der Waals surface area contributed by atoms with Gasteiger partial charge >= 0.3 is 0 Å². The first kappa shape index (κ1) is 13.1. The Balaban J connectivity index is 2.20. The molecule has 0 bridgehead atoms. The highest BCUT2D eigenvalue weighted by atomic mass is 16.5. The number of benzene rings is 2. The van der Waals surface area contributed by atoms with Gasteiger partial charge in [-0.25, -0.2) is 4.68 Å². The lowest BCUT2D eigenvalue weighted by Gasteiger charge is -2.08. The number of para-hydroxylation sites is 1. The molecule has 0 N–H and O–H groups in total. The van der Waals surface area contributed by atoms with Crippen LogP contribution in [0.2, 0.25) is 0 Å². The number of carbonyl (C=O) groups is 1. The molecule has 3 aromatic rings. The minimum atomic E-state index is 0.298. The molecule has 0 saturated carbocycles. The van der Waals surface area contributed by atoms with Gasteiger partial charge in [-0.1, -0.05) is 35.5 Å². The Kier molecular flexibility index (Phi) is 3.47. The molecule has 5 heteroatoms. The highest BCUT2D eigenvalue weighted by Crippen LogP contribution is 2.27. The molecule has 2 aromatic carbocycles. The van der Waals surface area contributed by atoms with Gasteiger partial charge in [0.15, 0.2) is 12.0 Å². The summed E-state index contributed by atoms with van der Waals surface area (Å²) in [4.78, 5) is 11.3. The smallest absolute Gasteiger partial charge is 0.172 e. The molecule has 1 heterocycles. The number of rotatable bonds is 4. The van der Waals surface area contributed by atoms with Crippen LogP contribution in [0.3, 0.4) is 0 Å². The minimum Gasteiger partial charge on any atom is -0.497 e. The van der Waals surface area contributed by atoms with Crippen molar-refractivity contribution in [2.75, 3.05) is 7.11 Å². The van der Waals surface area contributed by atoms with Gasteiger partial charge in [-0.05, 0) is 24.3 Å². The third-order valence-electron chi connectivity index (χ3n) is 3.15. The van der Waals surface area contributed by atoms with Crippen molar-refractivity contribution in [2.24, 2.45) is 0 Å². The highest BCUT2D eigenvalue weighted by molar-refractivity contribution is 5.84. The van der Waals surface area contributed by atoms with Crippen LogP contribution in [0, 0.1) is 0 Å². The third kappa shape index (κ3) is 2.41. The SMILES string of the molecule is COc1cccc(-c2c(C=O)nnn2-c2ccccc2)c1. The summed E-state index contributed by atoms with van der Waals surface area (Å²) >= 11 is 0. The van der Waals surface area contributed by atoms with E-state index in [-0.39, 0.29) is 0 Å². The second kappa shape index (κ2) is 5.58. The number of hydrogen-bond acceptors (Lipinski definition) is 4. The molecule has 0 amide bonds. The van der Waals surface area contributed by atoms with Crippen molar-refractivity contribution in [3.05, 3.63) is 60.3 Å². The standard InChI is InChI=1S/C16H13N3O2/c1-21-14-9-5-6-12(10-14)16-15(11-20)17-18-19(16)13-7-3-2-4-8-13/h2-11H,1H3. The van der Waals surface area contributed by atoms with Gasteiger partial charge in [-0.2, -0.15) is 0 Å². The van der Waals surface area contributed by atoms with Gasteiger partial charge in [0.1, 0.15) is 11.4 Å². The summed E-state index contributed by atoms with van der Waals surface area (Å²) in [7, 11) is 1.60. The fraction of sp³-hybridized carbons (Fsp3) is 0.0625. The number of aldehydes is 1. The van der Waals surface area contributed by atoms with Gasteiger partial charge in [0.05, 0.1) is 12.8 Å². The Morgan fingerprint density at radius 2 is 1.90 bits per heavy atom. The highest BCUT2D eigenvalue weighted by Gasteiger charge is 2.16. The number of hydrogen-bond donors (Lipinski definition) is 0. The van der Waals surface area contributed by atoms with Crippen LogP contribution in [0.1, 0.15) is 10.5 Å². The summed E-state index contributed by atoms with van der Waals surface area (Å²) in [5, 5.41) is 8.03. The van der Waals surface area contributed by atoms with Crippen LogP contribution < -0.4 is 4.74 Å². The van der Waals surface area contributed by atoms with E-state index in [1.54, 1.807) is 11.8 Å². The van der Waals surface area contributed by atoms with Crippen molar-refractivity contribution in [1.29, 1.82) is 0 Å². The zero-order valence-corrected chi connectivity index (χ0v) is 11.4. The average Bonchev–Trinajstić information content (AvgIpc) is 2.99. The zero-order chi connectivity index (χ0) is 14.7. The lowest BCUT2D eigenvalue weighted by atomic mass is 10.1. The first-order chi connectivity index (χ1) is 10.3. The fourth-order valence-electron chi connectivity index (χ4n) is 2.16. The van der Waals surface area contributed by atoms with E-state index in [4.69, 9.17) is 4.74 Å². The van der Waals surface area contributed by atoms with Crippen molar-refractivity contribution in [3.8, 4) is 22.7 Å².